The molecule has 0 aromatic carbocycles. The monoisotopic (exact) mass is 223 g/mol. The molecule has 0 spiro atoms. The van der Waals surface area contributed by atoms with Gasteiger partial charge in [-0.15, -0.1) is 0 Å². The lowest BCUT2D eigenvalue weighted by Crippen LogP contribution is -2.49. The summed E-state index contributed by atoms with van der Waals surface area (Å²) in [6, 6.07) is -0.584. The van der Waals surface area contributed by atoms with Crippen LogP contribution in [0.15, 0.2) is 24.3 Å². The lowest BCUT2D eigenvalue weighted by atomic mass is 9.62. The van der Waals surface area contributed by atoms with E-state index >= 15 is 0 Å². The van der Waals surface area contributed by atoms with E-state index in [1.807, 2.05) is 0 Å². The van der Waals surface area contributed by atoms with Crippen molar-refractivity contribution >= 4 is 5.97 Å². The molecule has 0 aromatic rings. The van der Waals surface area contributed by atoms with Crippen molar-refractivity contribution < 1.29 is 9.90 Å². The van der Waals surface area contributed by atoms with Gasteiger partial charge in [0.2, 0.25) is 0 Å². The van der Waals surface area contributed by atoms with Crippen molar-refractivity contribution in [2.24, 2.45) is 11.3 Å². The third kappa shape index (κ3) is 2.19. The maximum Gasteiger partial charge on any atom is 0.321 e. The van der Waals surface area contributed by atoms with Crippen LogP contribution in [0.3, 0.4) is 0 Å². The van der Waals surface area contributed by atoms with Crippen LogP contribution >= 0.6 is 0 Å². The maximum absolute atomic E-state index is 11.2. The average Bonchev–Trinajstić information content (AvgIpc) is 2.18. The number of nitrogens with one attached hydrogen (secondary N) is 1. The van der Waals surface area contributed by atoms with Gasteiger partial charge in [0.1, 0.15) is 6.04 Å². The number of likely N-dealkylation sites (N-methyl/N-ethyl adjacent to an activating group) is 1. The minimum absolute atomic E-state index is 0.0513. The van der Waals surface area contributed by atoms with Crippen molar-refractivity contribution in [3.63, 3.8) is 0 Å². The van der Waals surface area contributed by atoms with Gasteiger partial charge in [0.15, 0.2) is 0 Å². The molecule has 0 heterocycles. The summed E-state index contributed by atoms with van der Waals surface area (Å²) in [6.45, 7) is 12.2. The molecule has 16 heavy (non-hydrogen) atoms. The van der Waals surface area contributed by atoms with E-state index in [1.165, 1.54) is 0 Å². The minimum atomic E-state index is -0.823. The SMILES string of the molecule is C=C1CCC(C)(C)C([C@H](NC)C(=O)O)C1=C. The van der Waals surface area contributed by atoms with Crippen LogP contribution in [0.4, 0.5) is 0 Å². The van der Waals surface area contributed by atoms with Gasteiger partial charge in [-0.25, -0.2) is 0 Å². The zero-order valence-corrected chi connectivity index (χ0v) is 10.3. The highest BCUT2D eigenvalue weighted by molar-refractivity contribution is 5.75. The van der Waals surface area contributed by atoms with E-state index in [-0.39, 0.29) is 11.3 Å². The highest BCUT2D eigenvalue weighted by Crippen LogP contribution is 2.46. The Morgan fingerprint density at radius 3 is 2.56 bits per heavy atom. The number of carboxylic acid groups (broad SMARTS) is 1. The third-order valence-corrected chi connectivity index (χ3v) is 3.65. The maximum atomic E-state index is 11.2. The first-order chi connectivity index (χ1) is 7.31. The van der Waals surface area contributed by atoms with E-state index < -0.39 is 12.0 Å². The van der Waals surface area contributed by atoms with E-state index in [1.54, 1.807) is 7.05 Å². The van der Waals surface area contributed by atoms with Crippen LogP contribution in [0.5, 0.6) is 0 Å². The smallest absolute Gasteiger partial charge is 0.321 e. The molecule has 1 aliphatic rings. The Kier molecular flexibility index (Phi) is 3.58. The second-order valence-corrected chi connectivity index (χ2v) is 5.20. The Hall–Kier alpha value is -1.09. The molecule has 1 rings (SSSR count). The van der Waals surface area contributed by atoms with Crippen LogP contribution in [0.2, 0.25) is 0 Å². The van der Waals surface area contributed by atoms with Crippen molar-refractivity contribution in [3.05, 3.63) is 24.3 Å². The molecule has 1 unspecified atom stereocenters. The summed E-state index contributed by atoms with van der Waals surface area (Å²) in [4.78, 5) is 11.2. The molecule has 2 N–H and O–H groups in total. The van der Waals surface area contributed by atoms with Gasteiger partial charge >= 0.3 is 5.97 Å². The lowest BCUT2D eigenvalue weighted by Gasteiger charge is -2.43. The van der Waals surface area contributed by atoms with Gasteiger partial charge in [-0.3, -0.25) is 4.79 Å². The van der Waals surface area contributed by atoms with Gasteiger partial charge in [-0.2, -0.15) is 0 Å². The zero-order valence-electron chi connectivity index (χ0n) is 10.3. The second kappa shape index (κ2) is 4.42. The van der Waals surface area contributed by atoms with Gasteiger partial charge in [-0.05, 0) is 30.9 Å². The first-order valence-corrected chi connectivity index (χ1v) is 5.58. The molecule has 1 fully saturated rings. The quantitative estimate of drug-likeness (QED) is 0.771. The topological polar surface area (TPSA) is 49.3 Å². The fraction of sp³-hybridized carbons (Fsp3) is 0.615. The number of rotatable bonds is 3. The van der Waals surface area contributed by atoms with Crippen LogP contribution in [-0.2, 0) is 4.79 Å². The van der Waals surface area contributed by atoms with Gasteiger partial charge in [0, 0.05) is 5.92 Å². The van der Waals surface area contributed by atoms with E-state index in [0.29, 0.717) is 0 Å². The number of hydrogen-bond donors (Lipinski definition) is 2. The molecule has 0 aromatic heterocycles. The van der Waals surface area contributed by atoms with E-state index in [4.69, 9.17) is 0 Å². The van der Waals surface area contributed by atoms with E-state index in [0.717, 1.165) is 24.0 Å². The van der Waals surface area contributed by atoms with Gasteiger partial charge in [0.25, 0.3) is 0 Å². The highest BCUT2D eigenvalue weighted by atomic mass is 16.4. The zero-order chi connectivity index (χ0) is 12.5. The van der Waals surface area contributed by atoms with Gasteiger partial charge in [-0.1, -0.05) is 32.6 Å². The summed E-state index contributed by atoms with van der Waals surface area (Å²) in [5.41, 5.74) is 1.83. The van der Waals surface area contributed by atoms with Crippen molar-refractivity contribution in [2.45, 2.75) is 32.7 Å². The predicted molar refractivity (Wildman–Crippen MR) is 65.3 cm³/mol. The van der Waals surface area contributed by atoms with Crippen LogP contribution in [-0.4, -0.2) is 24.2 Å². The fourth-order valence-electron chi connectivity index (χ4n) is 2.57. The van der Waals surface area contributed by atoms with E-state index in [9.17, 15) is 9.90 Å². The van der Waals surface area contributed by atoms with Crippen molar-refractivity contribution in [1.82, 2.24) is 5.32 Å². The molecule has 2 atom stereocenters. The molecular formula is C13H21NO2. The molecular weight excluding hydrogens is 202 g/mol. The molecule has 1 aliphatic carbocycles. The van der Waals surface area contributed by atoms with Crippen LogP contribution in [0.1, 0.15) is 26.7 Å². The molecule has 0 amide bonds. The number of aliphatic carboxylic acids is 1. The summed E-state index contributed by atoms with van der Waals surface area (Å²) in [5, 5.41) is 12.1. The van der Waals surface area contributed by atoms with Crippen LogP contribution < -0.4 is 5.32 Å². The molecule has 0 saturated heterocycles. The number of allylic oxidation sites excluding steroid dienone is 1. The second-order valence-electron chi connectivity index (χ2n) is 5.20. The normalized spacial score (nSPS) is 26.6. The Morgan fingerprint density at radius 2 is 2.12 bits per heavy atom. The summed E-state index contributed by atoms with van der Waals surface area (Å²) < 4.78 is 0. The lowest BCUT2D eigenvalue weighted by molar-refractivity contribution is -0.141. The number of carbonyl (C=O) groups is 1. The Balaban J connectivity index is 3.08. The van der Waals surface area contributed by atoms with Gasteiger partial charge in [0.05, 0.1) is 0 Å². The summed E-state index contributed by atoms with van der Waals surface area (Å²) >= 11 is 0. The Labute approximate surface area is 97.2 Å². The summed E-state index contributed by atoms with van der Waals surface area (Å²) in [5.74, 6) is -0.910. The molecule has 0 aliphatic heterocycles. The van der Waals surface area contributed by atoms with Crippen LogP contribution in [0.25, 0.3) is 0 Å². The summed E-state index contributed by atoms with van der Waals surface area (Å²) in [7, 11) is 1.68. The van der Waals surface area contributed by atoms with Crippen LogP contribution in [0, 0.1) is 11.3 Å². The molecule has 0 radical (unpaired) electrons. The molecule has 0 bridgehead atoms. The Bertz CT molecular complexity index is 331. The van der Waals surface area contributed by atoms with E-state index in [2.05, 4.69) is 32.3 Å². The first kappa shape index (κ1) is 13.0. The minimum Gasteiger partial charge on any atom is -0.480 e. The summed E-state index contributed by atoms with van der Waals surface area (Å²) in [6.07, 6.45) is 1.87. The standard InChI is InChI=1S/C13H21NO2/c1-8-6-7-13(3,4)10(9(8)2)11(14-5)12(15)16/h10-11,14H,1-2,6-7H2,3-5H3,(H,15,16)/t10?,11-/m0/s1. The number of carboxylic acids is 1. The number of hydrogen-bond acceptors (Lipinski definition) is 2. The third-order valence-electron chi connectivity index (χ3n) is 3.65. The molecule has 3 nitrogen and oxygen atoms in total. The first-order valence-electron chi connectivity index (χ1n) is 5.58. The van der Waals surface area contributed by atoms with Crippen molar-refractivity contribution in [2.75, 3.05) is 7.05 Å². The molecule has 3 heteroatoms. The van der Waals surface area contributed by atoms with Crippen molar-refractivity contribution in [3.8, 4) is 0 Å². The fourth-order valence-corrected chi connectivity index (χ4v) is 2.57. The highest BCUT2D eigenvalue weighted by Gasteiger charge is 2.43. The molecule has 90 valence electrons. The molecule has 1 saturated carbocycles. The Morgan fingerprint density at radius 1 is 1.56 bits per heavy atom. The largest absolute Gasteiger partial charge is 0.480 e. The van der Waals surface area contributed by atoms with Crippen molar-refractivity contribution in [1.29, 1.82) is 0 Å². The van der Waals surface area contributed by atoms with Gasteiger partial charge < -0.3 is 10.4 Å². The predicted octanol–water partition coefficient (Wildman–Crippen LogP) is 2.21. The average molecular weight is 223 g/mol.